The third kappa shape index (κ3) is 1.74. The molecule has 1 nitrogen and oxygen atoms in total. The van der Waals surface area contributed by atoms with E-state index in [0.29, 0.717) is 12.8 Å². The second-order valence-corrected chi connectivity index (χ2v) is 3.91. The first-order chi connectivity index (χ1) is 5.43. The van der Waals surface area contributed by atoms with Crippen molar-refractivity contribution in [2.75, 3.05) is 0 Å². The smallest absolute Gasteiger partial charge is 0.170 e. The molecule has 0 heterocycles. The van der Waals surface area contributed by atoms with Crippen molar-refractivity contribution in [2.45, 2.75) is 38.8 Å². The van der Waals surface area contributed by atoms with Crippen LogP contribution >= 0.6 is 0 Å². The monoisotopic (exact) mass is 170 g/mol. The molecule has 0 saturated heterocycles. The molecule has 1 aliphatic rings. The Labute approximate surface area is 72.7 Å². The van der Waals surface area contributed by atoms with Crippen LogP contribution in [-0.4, -0.2) is 11.5 Å². The molecular formula is C10H15FO. The average Bonchev–Trinajstić information content (AvgIpc) is 1.94. The predicted octanol–water partition coefficient (Wildman–Crippen LogP) is 2.66. The zero-order valence-electron chi connectivity index (χ0n) is 7.69. The molecule has 0 unspecified atom stereocenters. The van der Waals surface area contributed by atoms with Gasteiger partial charge in [-0.2, -0.15) is 0 Å². The summed E-state index contributed by atoms with van der Waals surface area (Å²) >= 11 is 0. The number of halogens is 1. The minimum absolute atomic E-state index is 0.210. The molecule has 2 heteroatoms. The van der Waals surface area contributed by atoms with E-state index in [9.17, 15) is 9.18 Å². The molecule has 1 saturated carbocycles. The molecule has 0 aromatic rings. The van der Waals surface area contributed by atoms with Crippen LogP contribution in [-0.2, 0) is 4.79 Å². The minimum atomic E-state index is -1.58. The molecule has 1 aliphatic carbocycles. The highest BCUT2D eigenvalue weighted by Crippen LogP contribution is 2.34. The van der Waals surface area contributed by atoms with E-state index in [1.807, 2.05) is 6.92 Å². The van der Waals surface area contributed by atoms with Crippen LogP contribution in [0.25, 0.3) is 0 Å². The Bertz CT molecular complexity index is 218. The summed E-state index contributed by atoms with van der Waals surface area (Å²) in [6, 6.07) is 0. The Kier molecular flexibility index (Phi) is 2.36. The largest absolute Gasteiger partial charge is 0.296 e. The number of carbonyl (C=O) groups excluding carboxylic acids is 1. The molecule has 0 radical (unpaired) electrons. The van der Waals surface area contributed by atoms with Crippen LogP contribution in [0.15, 0.2) is 12.2 Å². The Morgan fingerprint density at radius 1 is 1.75 bits per heavy atom. The number of ketones is 1. The summed E-state index contributed by atoms with van der Waals surface area (Å²) < 4.78 is 13.3. The second-order valence-electron chi connectivity index (χ2n) is 3.91. The topological polar surface area (TPSA) is 17.1 Å². The molecule has 0 N–H and O–H groups in total. The number of hydrogen-bond acceptors (Lipinski definition) is 1. The first kappa shape index (κ1) is 9.43. The van der Waals surface area contributed by atoms with E-state index in [1.165, 1.54) is 6.92 Å². The SMILES string of the molecule is C=C(C)[C@@H]1CC[C@@](C)(F)C(=O)C1. The van der Waals surface area contributed by atoms with Crippen LogP contribution in [0.1, 0.15) is 33.1 Å². The van der Waals surface area contributed by atoms with Crippen molar-refractivity contribution in [1.82, 2.24) is 0 Å². The Morgan fingerprint density at radius 2 is 2.33 bits per heavy atom. The van der Waals surface area contributed by atoms with Crippen LogP contribution in [0.3, 0.4) is 0 Å². The Balaban J connectivity index is 2.64. The summed E-state index contributed by atoms with van der Waals surface area (Å²) in [7, 11) is 0. The van der Waals surface area contributed by atoms with Gasteiger partial charge in [-0.25, -0.2) is 4.39 Å². The second kappa shape index (κ2) is 3.00. The summed E-state index contributed by atoms with van der Waals surface area (Å²) in [4.78, 5) is 11.2. The lowest BCUT2D eigenvalue weighted by Crippen LogP contribution is -2.36. The van der Waals surface area contributed by atoms with Crippen LogP contribution in [0.4, 0.5) is 4.39 Å². The van der Waals surface area contributed by atoms with Crippen molar-refractivity contribution in [3.8, 4) is 0 Å². The highest BCUT2D eigenvalue weighted by molar-refractivity contribution is 5.87. The molecule has 68 valence electrons. The highest BCUT2D eigenvalue weighted by Gasteiger charge is 2.38. The predicted molar refractivity (Wildman–Crippen MR) is 46.7 cm³/mol. The number of carbonyl (C=O) groups is 1. The van der Waals surface area contributed by atoms with Gasteiger partial charge in [0.05, 0.1) is 0 Å². The minimum Gasteiger partial charge on any atom is -0.296 e. The van der Waals surface area contributed by atoms with E-state index in [2.05, 4.69) is 6.58 Å². The lowest BCUT2D eigenvalue weighted by molar-refractivity contribution is -0.133. The van der Waals surface area contributed by atoms with Crippen molar-refractivity contribution >= 4 is 5.78 Å². The number of allylic oxidation sites excluding steroid dienone is 1. The summed E-state index contributed by atoms with van der Waals surface area (Å²) in [6.45, 7) is 7.07. The maximum absolute atomic E-state index is 13.3. The fraction of sp³-hybridized carbons (Fsp3) is 0.700. The number of alkyl halides is 1. The van der Waals surface area contributed by atoms with Crippen molar-refractivity contribution in [1.29, 1.82) is 0 Å². The molecule has 12 heavy (non-hydrogen) atoms. The quantitative estimate of drug-likeness (QED) is 0.553. The normalized spacial score (nSPS) is 36.6. The summed E-state index contributed by atoms with van der Waals surface area (Å²) in [5.74, 6) is -0.0527. The number of rotatable bonds is 1. The number of hydrogen-bond donors (Lipinski definition) is 0. The molecule has 0 aliphatic heterocycles. The molecule has 1 fully saturated rings. The van der Waals surface area contributed by atoms with Gasteiger partial charge in [0.15, 0.2) is 11.5 Å². The first-order valence-electron chi connectivity index (χ1n) is 4.31. The van der Waals surface area contributed by atoms with Crippen LogP contribution < -0.4 is 0 Å². The van der Waals surface area contributed by atoms with Gasteiger partial charge in [-0.1, -0.05) is 12.2 Å². The fourth-order valence-corrected chi connectivity index (χ4v) is 1.54. The van der Waals surface area contributed by atoms with Gasteiger partial charge in [-0.3, -0.25) is 4.79 Å². The highest BCUT2D eigenvalue weighted by atomic mass is 19.1. The third-order valence-electron chi connectivity index (χ3n) is 2.67. The molecule has 2 atom stereocenters. The van der Waals surface area contributed by atoms with E-state index in [4.69, 9.17) is 0 Å². The summed E-state index contributed by atoms with van der Waals surface area (Å²) in [5, 5.41) is 0. The van der Waals surface area contributed by atoms with Gasteiger partial charge in [0.2, 0.25) is 0 Å². The Hall–Kier alpha value is -0.660. The zero-order valence-corrected chi connectivity index (χ0v) is 7.69. The zero-order chi connectivity index (χ0) is 9.35. The van der Waals surface area contributed by atoms with E-state index >= 15 is 0 Å². The van der Waals surface area contributed by atoms with Crippen molar-refractivity contribution < 1.29 is 9.18 Å². The summed E-state index contributed by atoms with van der Waals surface area (Å²) in [6.07, 6.45) is 1.44. The van der Waals surface area contributed by atoms with Gasteiger partial charge in [0.1, 0.15) is 0 Å². The lowest BCUT2D eigenvalue weighted by atomic mass is 9.77. The first-order valence-corrected chi connectivity index (χ1v) is 4.31. The van der Waals surface area contributed by atoms with E-state index in [-0.39, 0.29) is 11.7 Å². The van der Waals surface area contributed by atoms with Crippen LogP contribution in [0.2, 0.25) is 0 Å². The Morgan fingerprint density at radius 3 is 2.75 bits per heavy atom. The van der Waals surface area contributed by atoms with Crippen molar-refractivity contribution in [3.63, 3.8) is 0 Å². The van der Waals surface area contributed by atoms with Gasteiger partial charge >= 0.3 is 0 Å². The van der Waals surface area contributed by atoms with Crippen LogP contribution in [0.5, 0.6) is 0 Å². The molecule has 0 spiro atoms. The van der Waals surface area contributed by atoms with Gasteiger partial charge in [-0.05, 0) is 32.6 Å². The van der Waals surface area contributed by atoms with Crippen molar-refractivity contribution in [3.05, 3.63) is 12.2 Å². The van der Waals surface area contributed by atoms with Crippen LogP contribution in [0, 0.1) is 5.92 Å². The maximum atomic E-state index is 13.3. The molecule has 0 aromatic heterocycles. The lowest BCUT2D eigenvalue weighted by Gasteiger charge is -2.29. The van der Waals surface area contributed by atoms with Crippen molar-refractivity contribution in [2.24, 2.45) is 5.92 Å². The third-order valence-corrected chi connectivity index (χ3v) is 2.67. The molecule has 0 amide bonds. The van der Waals surface area contributed by atoms with E-state index in [1.54, 1.807) is 0 Å². The van der Waals surface area contributed by atoms with E-state index < -0.39 is 5.67 Å². The van der Waals surface area contributed by atoms with Gasteiger partial charge in [-0.15, -0.1) is 0 Å². The number of Topliss-reactive ketones (excluding diaryl/α,β-unsaturated/α-hetero) is 1. The molecule has 1 rings (SSSR count). The maximum Gasteiger partial charge on any atom is 0.170 e. The van der Waals surface area contributed by atoms with Gasteiger partial charge < -0.3 is 0 Å². The summed E-state index contributed by atoms with van der Waals surface area (Å²) in [5.41, 5.74) is -0.578. The molecule has 0 bridgehead atoms. The standard InChI is InChI=1S/C10H15FO/c1-7(2)8-4-5-10(3,11)9(12)6-8/h8H,1,4-6H2,2-3H3/t8-,10-/m1/s1. The molecule has 0 aromatic carbocycles. The van der Waals surface area contributed by atoms with Gasteiger partial charge in [0.25, 0.3) is 0 Å². The fourth-order valence-electron chi connectivity index (χ4n) is 1.54. The average molecular weight is 170 g/mol. The van der Waals surface area contributed by atoms with Gasteiger partial charge in [0, 0.05) is 6.42 Å². The van der Waals surface area contributed by atoms with E-state index in [0.717, 1.165) is 12.0 Å². The molecular weight excluding hydrogens is 155 g/mol.